The minimum absolute atomic E-state index is 0.292. The van der Waals surface area contributed by atoms with Crippen LogP contribution in [0.5, 0.6) is 0 Å². The average Bonchev–Trinajstić information content (AvgIpc) is 2.69. The summed E-state index contributed by atoms with van der Waals surface area (Å²) >= 11 is 0. The number of aromatic amines is 1. The van der Waals surface area contributed by atoms with Gasteiger partial charge in [0.05, 0.1) is 11.4 Å². The molecule has 0 radical (unpaired) electrons. The van der Waals surface area contributed by atoms with Gasteiger partial charge in [-0.25, -0.2) is 13.1 Å². The van der Waals surface area contributed by atoms with E-state index in [0.717, 1.165) is 25.9 Å². The molecule has 0 spiro atoms. The van der Waals surface area contributed by atoms with Gasteiger partial charge in [-0.1, -0.05) is 0 Å². The van der Waals surface area contributed by atoms with Crippen molar-refractivity contribution in [2.24, 2.45) is 5.92 Å². The maximum Gasteiger partial charge on any atom is 0.244 e. The maximum atomic E-state index is 12.3. The number of hydrogen-bond donors (Lipinski definition) is 2. The first-order valence-corrected chi connectivity index (χ1v) is 8.08. The van der Waals surface area contributed by atoms with Crippen LogP contribution in [0.15, 0.2) is 4.90 Å². The highest BCUT2D eigenvalue weighted by Crippen LogP contribution is 2.19. The first kappa shape index (κ1) is 14.5. The predicted octanol–water partition coefficient (Wildman–Crippen LogP) is 0.647. The van der Waals surface area contributed by atoms with Crippen LogP contribution in [0.1, 0.15) is 24.2 Å². The molecule has 1 aromatic rings. The summed E-state index contributed by atoms with van der Waals surface area (Å²) in [4.78, 5) is 2.57. The Bertz CT molecular complexity index is 510. The number of aromatic nitrogens is 2. The van der Waals surface area contributed by atoms with Crippen LogP contribution >= 0.6 is 0 Å². The molecule has 0 aromatic carbocycles. The standard InChI is InChI=1S/C12H22N4O2S/c1-9-12(10(2)15-14-9)19(17,18)13-8-11-4-6-16(3)7-5-11/h11,13H,4-8H2,1-3H3,(H,14,15). The van der Waals surface area contributed by atoms with Gasteiger partial charge >= 0.3 is 0 Å². The van der Waals surface area contributed by atoms with E-state index in [1.807, 2.05) is 0 Å². The first-order chi connectivity index (χ1) is 8.90. The SMILES string of the molecule is Cc1n[nH]c(C)c1S(=O)(=O)NCC1CCN(C)CC1. The molecule has 108 valence electrons. The second-order valence-corrected chi connectivity index (χ2v) is 7.07. The number of sulfonamides is 1. The van der Waals surface area contributed by atoms with Crippen molar-refractivity contribution >= 4 is 10.0 Å². The Morgan fingerprint density at radius 3 is 2.53 bits per heavy atom. The third-order valence-electron chi connectivity index (χ3n) is 3.73. The van der Waals surface area contributed by atoms with Crippen molar-refractivity contribution < 1.29 is 8.42 Å². The van der Waals surface area contributed by atoms with Crippen molar-refractivity contribution in [2.45, 2.75) is 31.6 Å². The van der Waals surface area contributed by atoms with Gasteiger partial charge in [0.25, 0.3) is 0 Å². The summed E-state index contributed by atoms with van der Waals surface area (Å²) in [6, 6.07) is 0. The lowest BCUT2D eigenvalue weighted by Gasteiger charge is -2.28. The molecule has 1 aromatic heterocycles. The monoisotopic (exact) mass is 286 g/mol. The fourth-order valence-corrected chi connectivity index (χ4v) is 3.99. The number of hydrogen-bond acceptors (Lipinski definition) is 4. The van der Waals surface area contributed by atoms with E-state index in [-0.39, 0.29) is 0 Å². The zero-order chi connectivity index (χ0) is 14.0. The highest BCUT2D eigenvalue weighted by atomic mass is 32.2. The number of nitrogens with one attached hydrogen (secondary N) is 2. The minimum atomic E-state index is -3.45. The fraction of sp³-hybridized carbons (Fsp3) is 0.750. The minimum Gasteiger partial charge on any atom is -0.306 e. The quantitative estimate of drug-likeness (QED) is 0.852. The molecule has 19 heavy (non-hydrogen) atoms. The van der Waals surface area contributed by atoms with Gasteiger partial charge in [-0.3, -0.25) is 5.10 Å². The summed E-state index contributed by atoms with van der Waals surface area (Å²) in [6.07, 6.45) is 2.09. The van der Waals surface area contributed by atoms with Crippen LogP contribution in [0.3, 0.4) is 0 Å². The highest BCUT2D eigenvalue weighted by Gasteiger charge is 2.24. The van der Waals surface area contributed by atoms with Crippen LogP contribution in [0.2, 0.25) is 0 Å². The van der Waals surface area contributed by atoms with Gasteiger partial charge in [0.2, 0.25) is 10.0 Å². The normalized spacial score (nSPS) is 18.9. The topological polar surface area (TPSA) is 78.1 Å². The lowest BCUT2D eigenvalue weighted by Crippen LogP contribution is -2.37. The first-order valence-electron chi connectivity index (χ1n) is 6.60. The van der Waals surface area contributed by atoms with Crippen molar-refractivity contribution in [3.63, 3.8) is 0 Å². The number of nitrogens with zero attached hydrogens (tertiary/aromatic N) is 2. The molecular weight excluding hydrogens is 264 g/mol. The van der Waals surface area contributed by atoms with Crippen molar-refractivity contribution in [3.8, 4) is 0 Å². The molecule has 0 aliphatic carbocycles. The molecule has 7 heteroatoms. The molecule has 0 unspecified atom stereocenters. The van der Waals surface area contributed by atoms with E-state index in [9.17, 15) is 8.42 Å². The maximum absolute atomic E-state index is 12.3. The van der Waals surface area contributed by atoms with Crippen LogP contribution in [0.4, 0.5) is 0 Å². The lowest BCUT2D eigenvalue weighted by molar-refractivity contribution is 0.220. The van der Waals surface area contributed by atoms with Gasteiger partial charge in [0, 0.05) is 6.54 Å². The second-order valence-electron chi connectivity index (χ2n) is 5.36. The highest BCUT2D eigenvalue weighted by molar-refractivity contribution is 7.89. The van der Waals surface area contributed by atoms with Gasteiger partial charge in [0.15, 0.2) is 0 Å². The van der Waals surface area contributed by atoms with E-state index < -0.39 is 10.0 Å². The summed E-state index contributed by atoms with van der Waals surface area (Å²) in [6.45, 7) is 6.02. The third-order valence-corrected chi connectivity index (χ3v) is 5.42. The Kier molecular flexibility index (Phi) is 4.27. The summed E-state index contributed by atoms with van der Waals surface area (Å²) in [7, 11) is -1.35. The average molecular weight is 286 g/mol. The second kappa shape index (κ2) is 5.60. The van der Waals surface area contributed by atoms with E-state index >= 15 is 0 Å². The molecule has 1 saturated heterocycles. The molecule has 2 rings (SSSR count). The number of H-pyrrole nitrogens is 1. The number of aryl methyl sites for hydroxylation is 2. The van der Waals surface area contributed by atoms with E-state index in [1.54, 1.807) is 13.8 Å². The summed E-state index contributed by atoms with van der Waals surface area (Å²) in [5.74, 6) is 0.429. The molecule has 2 N–H and O–H groups in total. The fourth-order valence-electron chi connectivity index (χ4n) is 2.50. The van der Waals surface area contributed by atoms with Gasteiger partial charge in [-0.05, 0) is 52.7 Å². The van der Waals surface area contributed by atoms with Crippen LogP contribution in [-0.2, 0) is 10.0 Å². The van der Waals surface area contributed by atoms with Crippen molar-refractivity contribution in [3.05, 3.63) is 11.4 Å². The van der Waals surface area contributed by atoms with Crippen LogP contribution < -0.4 is 4.72 Å². The molecule has 0 bridgehead atoms. The molecule has 0 saturated carbocycles. The van der Waals surface area contributed by atoms with Crippen molar-refractivity contribution in [1.82, 2.24) is 19.8 Å². The Balaban J connectivity index is 1.99. The van der Waals surface area contributed by atoms with Crippen LogP contribution in [0.25, 0.3) is 0 Å². The molecule has 6 nitrogen and oxygen atoms in total. The molecule has 1 fully saturated rings. The smallest absolute Gasteiger partial charge is 0.244 e. The van der Waals surface area contributed by atoms with Gasteiger partial charge in [-0.2, -0.15) is 5.10 Å². The van der Waals surface area contributed by atoms with Crippen LogP contribution in [0, 0.1) is 19.8 Å². The molecular formula is C12H22N4O2S. The Morgan fingerprint density at radius 1 is 1.37 bits per heavy atom. The van der Waals surface area contributed by atoms with E-state index in [4.69, 9.17) is 0 Å². The number of likely N-dealkylation sites (tertiary alicyclic amines) is 1. The molecule has 2 heterocycles. The molecule has 0 amide bonds. The summed E-state index contributed by atoms with van der Waals surface area (Å²) in [5, 5.41) is 6.65. The Labute approximate surface area is 114 Å². The third kappa shape index (κ3) is 3.34. The number of rotatable bonds is 4. The van der Waals surface area contributed by atoms with Gasteiger partial charge < -0.3 is 4.90 Å². The van der Waals surface area contributed by atoms with Crippen molar-refractivity contribution in [2.75, 3.05) is 26.7 Å². The molecule has 1 aliphatic heterocycles. The van der Waals surface area contributed by atoms with Crippen LogP contribution in [-0.4, -0.2) is 50.2 Å². The molecule has 1 aliphatic rings. The zero-order valence-electron chi connectivity index (χ0n) is 11.7. The summed E-state index contributed by atoms with van der Waals surface area (Å²) in [5.41, 5.74) is 1.11. The number of piperidine rings is 1. The predicted molar refractivity (Wildman–Crippen MR) is 73.5 cm³/mol. The Morgan fingerprint density at radius 2 is 2.00 bits per heavy atom. The van der Waals surface area contributed by atoms with Gasteiger partial charge in [-0.15, -0.1) is 0 Å². The van der Waals surface area contributed by atoms with E-state index in [2.05, 4.69) is 26.9 Å². The largest absolute Gasteiger partial charge is 0.306 e. The lowest BCUT2D eigenvalue weighted by atomic mass is 9.98. The summed E-state index contributed by atoms with van der Waals surface area (Å²) < 4.78 is 27.2. The van der Waals surface area contributed by atoms with Crippen molar-refractivity contribution in [1.29, 1.82) is 0 Å². The molecule has 0 atom stereocenters. The van der Waals surface area contributed by atoms with E-state index in [1.165, 1.54) is 0 Å². The Hall–Kier alpha value is -0.920. The van der Waals surface area contributed by atoms with E-state index in [0.29, 0.717) is 28.7 Å². The van der Waals surface area contributed by atoms with Gasteiger partial charge in [0.1, 0.15) is 4.90 Å². The zero-order valence-corrected chi connectivity index (χ0v) is 12.5.